The van der Waals surface area contributed by atoms with E-state index in [0.29, 0.717) is 5.92 Å². The fraction of sp³-hybridized carbons (Fsp3) is 0.500. The second-order valence-electron chi connectivity index (χ2n) is 3.97. The smallest absolute Gasteiger partial charge is 0.363 e. The molecule has 0 saturated carbocycles. The van der Waals surface area contributed by atoms with E-state index < -0.39 is 4.92 Å². The molecule has 1 unspecified atom stereocenters. The van der Waals surface area contributed by atoms with Crippen LogP contribution in [0.5, 0.6) is 0 Å². The van der Waals surface area contributed by atoms with Gasteiger partial charge >= 0.3 is 5.82 Å². The first-order chi connectivity index (χ1) is 7.16. The van der Waals surface area contributed by atoms with Crippen LogP contribution in [0.15, 0.2) is 18.3 Å². The van der Waals surface area contributed by atoms with E-state index in [1.54, 1.807) is 12.3 Å². The second kappa shape index (κ2) is 3.84. The highest BCUT2D eigenvalue weighted by atomic mass is 16.6. The van der Waals surface area contributed by atoms with Crippen molar-refractivity contribution in [3.05, 3.63) is 28.4 Å². The summed E-state index contributed by atoms with van der Waals surface area (Å²) in [5.41, 5.74) is 0.977. The third-order valence-electron chi connectivity index (χ3n) is 2.71. The Hall–Kier alpha value is -1.65. The van der Waals surface area contributed by atoms with Gasteiger partial charge in [0.1, 0.15) is 0 Å². The van der Waals surface area contributed by atoms with Gasteiger partial charge in [-0.2, -0.15) is 0 Å². The zero-order valence-corrected chi connectivity index (χ0v) is 8.59. The fourth-order valence-corrected chi connectivity index (χ4v) is 1.84. The summed E-state index contributed by atoms with van der Waals surface area (Å²) in [4.78, 5) is 16.0. The SMILES string of the molecule is CC1CCN(c2ccc([N+](=O)[O-])nc2)C1. The van der Waals surface area contributed by atoms with Gasteiger partial charge in [-0.15, -0.1) is 0 Å². The van der Waals surface area contributed by atoms with E-state index in [2.05, 4.69) is 16.8 Å². The Kier molecular flexibility index (Phi) is 2.53. The Morgan fingerprint density at radius 1 is 1.60 bits per heavy atom. The highest BCUT2D eigenvalue weighted by Gasteiger charge is 2.20. The van der Waals surface area contributed by atoms with Gasteiger partial charge in [0.2, 0.25) is 0 Å². The van der Waals surface area contributed by atoms with Crippen molar-refractivity contribution in [3.8, 4) is 0 Å². The number of nitro groups is 1. The first kappa shape index (κ1) is 9.89. The van der Waals surface area contributed by atoms with E-state index in [4.69, 9.17) is 0 Å². The van der Waals surface area contributed by atoms with Gasteiger partial charge in [-0.3, -0.25) is 0 Å². The highest BCUT2D eigenvalue weighted by molar-refractivity contribution is 5.47. The van der Waals surface area contributed by atoms with Crippen molar-refractivity contribution in [1.82, 2.24) is 4.98 Å². The Morgan fingerprint density at radius 2 is 2.40 bits per heavy atom. The number of hydrogen-bond acceptors (Lipinski definition) is 4. The minimum absolute atomic E-state index is 0.0917. The Balaban J connectivity index is 2.13. The fourth-order valence-electron chi connectivity index (χ4n) is 1.84. The maximum Gasteiger partial charge on any atom is 0.363 e. The van der Waals surface area contributed by atoms with Gasteiger partial charge in [0, 0.05) is 19.2 Å². The van der Waals surface area contributed by atoms with Crippen LogP contribution < -0.4 is 4.90 Å². The number of hydrogen-bond donors (Lipinski definition) is 0. The van der Waals surface area contributed by atoms with E-state index in [1.165, 1.54) is 12.5 Å². The quantitative estimate of drug-likeness (QED) is 0.548. The molecule has 0 aromatic carbocycles. The number of aromatic nitrogens is 1. The zero-order chi connectivity index (χ0) is 10.8. The molecule has 1 aromatic heterocycles. The molecule has 0 radical (unpaired) electrons. The molecule has 0 bridgehead atoms. The van der Waals surface area contributed by atoms with Crippen molar-refractivity contribution >= 4 is 11.5 Å². The number of rotatable bonds is 2. The van der Waals surface area contributed by atoms with E-state index in [9.17, 15) is 10.1 Å². The summed E-state index contributed by atoms with van der Waals surface area (Å²) in [7, 11) is 0. The maximum atomic E-state index is 10.4. The molecule has 1 aliphatic heterocycles. The third-order valence-corrected chi connectivity index (χ3v) is 2.71. The van der Waals surface area contributed by atoms with Crippen molar-refractivity contribution in [2.75, 3.05) is 18.0 Å². The van der Waals surface area contributed by atoms with Gasteiger partial charge in [0.15, 0.2) is 6.20 Å². The van der Waals surface area contributed by atoms with E-state index >= 15 is 0 Å². The van der Waals surface area contributed by atoms with Crippen LogP contribution in [0.25, 0.3) is 0 Å². The highest BCUT2D eigenvalue weighted by Crippen LogP contribution is 2.23. The van der Waals surface area contributed by atoms with Gasteiger partial charge in [0.25, 0.3) is 0 Å². The summed E-state index contributed by atoms with van der Waals surface area (Å²) >= 11 is 0. The average molecular weight is 207 g/mol. The summed E-state index contributed by atoms with van der Waals surface area (Å²) in [6, 6.07) is 3.22. The minimum atomic E-state index is -0.476. The molecule has 15 heavy (non-hydrogen) atoms. The Labute approximate surface area is 87.9 Å². The van der Waals surface area contributed by atoms with Crippen molar-refractivity contribution in [3.63, 3.8) is 0 Å². The molecule has 0 aliphatic carbocycles. The summed E-state index contributed by atoms with van der Waals surface area (Å²) in [6.07, 6.45) is 2.76. The maximum absolute atomic E-state index is 10.4. The standard InChI is InChI=1S/C10H13N3O2/c1-8-4-5-12(7-8)9-2-3-10(11-6-9)13(14)15/h2-3,6,8H,4-5,7H2,1H3. The minimum Gasteiger partial charge on any atom is -0.368 e. The van der Waals surface area contributed by atoms with Crippen molar-refractivity contribution in [2.45, 2.75) is 13.3 Å². The molecule has 0 amide bonds. The average Bonchev–Trinajstić information content (AvgIpc) is 2.65. The van der Waals surface area contributed by atoms with Gasteiger partial charge in [-0.1, -0.05) is 6.92 Å². The van der Waals surface area contributed by atoms with Crippen LogP contribution >= 0.6 is 0 Å². The number of nitrogens with zero attached hydrogens (tertiary/aromatic N) is 3. The van der Waals surface area contributed by atoms with E-state index in [1.807, 2.05) is 0 Å². The molecular weight excluding hydrogens is 194 g/mol. The third kappa shape index (κ3) is 2.06. The van der Waals surface area contributed by atoms with Crippen molar-refractivity contribution in [2.24, 2.45) is 5.92 Å². The van der Waals surface area contributed by atoms with Crippen LogP contribution in [-0.4, -0.2) is 23.0 Å². The lowest BCUT2D eigenvalue weighted by Gasteiger charge is -2.15. The topological polar surface area (TPSA) is 59.3 Å². The molecule has 2 heterocycles. The predicted molar refractivity (Wildman–Crippen MR) is 56.9 cm³/mol. The van der Waals surface area contributed by atoms with Crippen molar-refractivity contribution in [1.29, 1.82) is 0 Å². The molecule has 1 aliphatic rings. The Morgan fingerprint density at radius 3 is 2.87 bits per heavy atom. The predicted octanol–water partition coefficient (Wildman–Crippen LogP) is 1.84. The summed E-state index contributed by atoms with van der Waals surface area (Å²) in [5.74, 6) is 0.603. The van der Waals surface area contributed by atoms with Crippen LogP contribution in [0.3, 0.4) is 0 Å². The molecule has 5 nitrogen and oxygen atoms in total. The van der Waals surface area contributed by atoms with Gasteiger partial charge in [-0.25, -0.2) is 0 Å². The van der Waals surface area contributed by atoms with Crippen molar-refractivity contribution < 1.29 is 4.92 Å². The van der Waals surface area contributed by atoms with Gasteiger partial charge in [0.05, 0.1) is 5.69 Å². The lowest BCUT2D eigenvalue weighted by molar-refractivity contribution is -0.389. The molecule has 1 fully saturated rings. The molecule has 0 N–H and O–H groups in total. The number of anilines is 1. The lowest BCUT2D eigenvalue weighted by atomic mass is 10.2. The number of pyridine rings is 1. The van der Waals surface area contributed by atoms with Gasteiger partial charge in [-0.05, 0) is 28.3 Å². The molecule has 1 saturated heterocycles. The van der Waals surface area contributed by atoms with E-state index in [-0.39, 0.29) is 5.82 Å². The summed E-state index contributed by atoms with van der Waals surface area (Å²) < 4.78 is 0. The van der Waals surface area contributed by atoms with Crippen LogP contribution in [0.2, 0.25) is 0 Å². The lowest BCUT2D eigenvalue weighted by Crippen LogP contribution is -2.19. The molecule has 80 valence electrons. The molecule has 2 rings (SSSR count). The summed E-state index contributed by atoms with van der Waals surface area (Å²) in [6.45, 7) is 4.24. The van der Waals surface area contributed by atoms with Crippen LogP contribution in [-0.2, 0) is 0 Å². The van der Waals surface area contributed by atoms with Crippen LogP contribution in [0, 0.1) is 16.0 Å². The van der Waals surface area contributed by atoms with E-state index in [0.717, 1.165) is 18.8 Å². The monoisotopic (exact) mass is 207 g/mol. The molecule has 1 atom stereocenters. The van der Waals surface area contributed by atoms with Crippen LogP contribution in [0.4, 0.5) is 11.5 Å². The van der Waals surface area contributed by atoms with Gasteiger partial charge < -0.3 is 15.0 Å². The summed E-state index contributed by atoms with van der Waals surface area (Å²) in [5, 5.41) is 10.4. The first-order valence-electron chi connectivity index (χ1n) is 5.02. The molecule has 1 aromatic rings. The normalized spacial score (nSPS) is 20.6. The van der Waals surface area contributed by atoms with Crippen LogP contribution in [0.1, 0.15) is 13.3 Å². The molecule has 5 heteroatoms. The largest absolute Gasteiger partial charge is 0.368 e. The first-order valence-corrected chi connectivity index (χ1v) is 5.02. The molecular formula is C10H13N3O2. The molecule has 0 spiro atoms. The Bertz CT molecular complexity index is 363. The zero-order valence-electron chi connectivity index (χ0n) is 8.59. The second-order valence-corrected chi connectivity index (χ2v) is 3.97.